The van der Waals surface area contributed by atoms with E-state index in [1.165, 1.54) is 0 Å². The van der Waals surface area contributed by atoms with Gasteiger partial charge in [-0.05, 0) is 12.8 Å². The molecule has 0 saturated heterocycles. The summed E-state index contributed by atoms with van der Waals surface area (Å²) in [5.41, 5.74) is 5.38. The zero-order valence-electron chi connectivity index (χ0n) is 8.92. The van der Waals surface area contributed by atoms with Gasteiger partial charge in [-0.3, -0.25) is 4.79 Å². The van der Waals surface area contributed by atoms with Gasteiger partial charge in [0.2, 0.25) is 5.91 Å². The van der Waals surface area contributed by atoms with Crippen molar-refractivity contribution in [1.82, 2.24) is 5.32 Å². The maximum absolute atomic E-state index is 11.8. The van der Waals surface area contributed by atoms with Crippen LogP contribution in [0, 0.1) is 17.8 Å². The summed E-state index contributed by atoms with van der Waals surface area (Å²) in [6.45, 7) is 1.16. The van der Waals surface area contributed by atoms with Gasteiger partial charge in [-0.25, -0.2) is 0 Å². The fourth-order valence-electron chi connectivity index (χ4n) is 1.68. The van der Waals surface area contributed by atoms with Crippen molar-refractivity contribution >= 4 is 17.7 Å². The third-order valence-electron chi connectivity index (χ3n) is 2.90. The second-order valence-electron chi connectivity index (χ2n) is 3.85. The first-order valence-electron chi connectivity index (χ1n) is 5.25. The number of amides is 1. The zero-order chi connectivity index (χ0) is 11.1. The smallest absolute Gasteiger partial charge is 0.227 e. The predicted octanol–water partition coefficient (Wildman–Crippen LogP) is 0.598. The van der Waals surface area contributed by atoms with E-state index in [0.717, 1.165) is 25.0 Å². The third-order valence-corrected chi connectivity index (χ3v) is 3.76. The first-order chi connectivity index (χ1) is 7.25. The number of hydrogen-bond acceptors (Lipinski definition) is 3. The minimum Gasteiger partial charge on any atom is -0.355 e. The predicted molar refractivity (Wildman–Crippen MR) is 64.5 cm³/mol. The van der Waals surface area contributed by atoms with Gasteiger partial charge >= 0.3 is 0 Å². The van der Waals surface area contributed by atoms with Crippen molar-refractivity contribution in [2.24, 2.45) is 11.1 Å². The molecule has 1 saturated carbocycles. The van der Waals surface area contributed by atoms with Crippen LogP contribution < -0.4 is 11.1 Å². The molecule has 3 nitrogen and oxygen atoms in total. The summed E-state index contributed by atoms with van der Waals surface area (Å²) < 4.78 is 0. The molecular formula is C11H18N2OS. The van der Waals surface area contributed by atoms with Crippen LogP contribution in [0.2, 0.25) is 0 Å². The lowest BCUT2D eigenvalue weighted by Gasteiger charge is -2.39. The monoisotopic (exact) mass is 226 g/mol. The molecule has 15 heavy (non-hydrogen) atoms. The van der Waals surface area contributed by atoms with Crippen molar-refractivity contribution < 1.29 is 4.79 Å². The van der Waals surface area contributed by atoms with Crippen LogP contribution in [0.5, 0.6) is 0 Å². The van der Waals surface area contributed by atoms with Crippen molar-refractivity contribution in [2.75, 3.05) is 24.6 Å². The fraction of sp³-hybridized carbons (Fsp3) is 0.727. The molecule has 1 fully saturated rings. The SMILES string of the molecule is C#CCSCCNC(=O)C1(CN)CCC1. The Hall–Kier alpha value is -0.660. The average molecular weight is 226 g/mol. The number of nitrogens with two attached hydrogens (primary N) is 1. The normalized spacial score (nSPS) is 17.6. The quantitative estimate of drug-likeness (QED) is 0.515. The molecule has 4 heteroatoms. The highest BCUT2D eigenvalue weighted by Gasteiger charge is 2.42. The van der Waals surface area contributed by atoms with Crippen LogP contribution in [0.25, 0.3) is 0 Å². The summed E-state index contributed by atoms with van der Waals surface area (Å²) in [6.07, 6.45) is 8.11. The van der Waals surface area contributed by atoms with Crippen LogP contribution >= 0.6 is 11.8 Å². The molecule has 0 aromatic carbocycles. The molecule has 0 heterocycles. The lowest BCUT2D eigenvalue weighted by Crippen LogP contribution is -2.50. The van der Waals surface area contributed by atoms with E-state index in [0.29, 0.717) is 18.8 Å². The van der Waals surface area contributed by atoms with Crippen molar-refractivity contribution in [3.63, 3.8) is 0 Å². The zero-order valence-corrected chi connectivity index (χ0v) is 9.74. The molecule has 0 aliphatic heterocycles. The van der Waals surface area contributed by atoms with Gasteiger partial charge in [0.05, 0.1) is 11.2 Å². The minimum absolute atomic E-state index is 0.123. The number of terminal acetylenes is 1. The number of nitrogens with one attached hydrogen (secondary N) is 1. The summed E-state index contributed by atoms with van der Waals surface area (Å²) in [6, 6.07) is 0. The molecule has 0 spiro atoms. The fourth-order valence-corrected chi connectivity index (χ4v) is 2.19. The number of rotatable bonds is 6. The molecule has 1 aliphatic rings. The molecule has 1 aliphatic carbocycles. The first-order valence-corrected chi connectivity index (χ1v) is 6.40. The van der Waals surface area contributed by atoms with Crippen LogP contribution in [0.15, 0.2) is 0 Å². The van der Waals surface area contributed by atoms with Gasteiger partial charge in [-0.15, -0.1) is 18.2 Å². The molecule has 0 radical (unpaired) electrons. The topological polar surface area (TPSA) is 55.1 Å². The molecular weight excluding hydrogens is 208 g/mol. The lowest BCUT2D eigenvalue weighted by molar-refractivity contribution is -0.135. The summed E-state index contributed by atoms with van der Waals surface area (Å²) in [7, 11) is 0. The van der Waals surface area contributed by atoms with Crippen LogP contribution in [0.1, 0.15) is 19.3 Å². The molecule has 0 aromatic heterocycles. The summed E-state index contributed by atoms with van der Waals surface area (Å²) in [5, 5.41) is 2.93. The van der Waals surface area contributed by atoms with E-state index in [1.807, 2.05) is 0 Å². The van der Waals surface area contributed by atoms with Gasteiger partial charge in [0.1, 0.15) is 0 Å². The average Bonchev–Trinajstić information content (AvgIpc) is 2.17. The molecule has 0 bridgehead atoms. The third kappa shape index (κ3) is 3.15. The van der Waals surface area contributed by atoms with E-state index in [2.05, 4.69) is 11.2 Å². The first kappa shape index (κ1) is 12.4. The van der Waals surface area contributed by atoms with Crippen LogP contribution in [-0.4, -0.2) is 30.5 Å². The molecule has 1 rings (SSSR count). The van der Waals surface area contributed by atoms with E-state index < -0.39 is 0 Å². The minimum atomic E-state index is -0.253. The molecule has 0 aromatic rings. The summed E-state index contributed by atoms with van der Waals surface area (Å²) in [5.74, 6) is 4.25. The maximum Gasteiger partial charge on any atom is 0.227 e. The van der Waals surface area contributed by atoms with E-state index >= 15 is 0 Å². The number of thioether (sulfide) groups is 1. The Balaban J connectivity index is 2.16. The highest BCUT2D eigenvalue weighted by atomic mass is 32.2. The lowest BCUT2D eigenvalue weighted by atomic mass is 9.68. The maximum atomic E-state index is 11.8. The Morgan fingerprint density at radius 2 is 2.33 bits per heavy atom. The van der Waals surface area contributed by atoms with Crippen molar-refractivity contribution in [1.29, 1.82) is 0 Å². The van der Waals surface area contributed by atoms with Crippen LogP contribution in [-0.2, 0) is 4.79 Å². The van der Waals surface area contributed by atoms with E-state index in [4.69, 9.17) is 12.2 Å². The number of hydrogen-bond donors (Lipinski definition) is 2. The highest BCUT2D eigenvalue weighted by molar-refractivity contribution is 7.99. The molecule has 3 N–H and O–H groups in total. The van der Waals surface area contributed by atoms with Gasteiger partial charge < -0.3 is 11.1 Å². The Morgan fingerprint density at radius 3 is 2.80 bits per heavy atom. The van der Waals surface area contributed by atoms with Gasteiger partial charge in [-0.2, -0.15) is 0 Å². The van der Waals surface area contributed by atoms with Crippen LogP contribution in [0.3, 0.4) is 0 Å². The number of carbonyl (C=O) groups is 1. The van der Waals surface area contributed by atoms with Crippen molar-refractivity contribution in [2.45, 2.75) is 19.3 Å². The summed E-state index contributed by atoms with van der Waals surface area (Å²) in [4.78, 5) is 11.8. The van der Waals surface area contributed by atoms with E-state index in [9.17, 15) is 4.79 Å². The van der Waals surface area contributed by atoms with Gasteiger partial charge in [0.15, 0.2) is 0 Å². The Labute approximate surface area is 95.6 Å². The van der Waals surface area contributed by atoms with Crippen molar-refractivity contribution in [3.05, 3.63) is 0 Å². The molecule has 0 atom stereocenters. The Bertz CT molecular complexity index is 250. The van der Waals surface area contributed by atoms with Crippen molar-refractivity contribution in [3.8, 4) is 12.3 Å². The molecule has 84 valence electrons. The Kier molecular flexibility index (Phi) is 5.00. The van der Waals surface area contributed by atoms with Crippen LogP contribution in [0.4, 0.5) is 0 Å². The standard InChI is InChI=1S/C11H18N2OS/c1-2-7-15-8-6-13-10(14)11(9-12)4-3-5-11/h1H,3-9,12H2,(H,13,14). The van der Waals surface area contributed by atoms with Gasteiger partial charge in [0, 0.05) is 18.8 Å². The molecule has 0 unspecified atom stereocenters. The second kappa shape index (κ2) is 6.04. The van der Waals surface area contributed by atoms with E-state index in [-0.39, 0.29) is 11.3 Å². The number of carbonyl (C=O) groups excluding carboxylic acids is 1. The highest BCUT2D eigenvalue weighted by Crippen LogP contribution is 2.39. The summed E-state index contributed by atoms with van der Waals surface area (Å²) >= 11 is 1.66. The van der Waals surface area contributed by atoms with Gasteiger partial charge in [-0.1, -0.05) is 12.3 Å². The second-order valence-corrected chi connectivity index (χ2v) is 4.96. The molecule has 1 amide bonds. The van der Waals surface area contributed by atoms with E-state index in [1.54, 1.807) is 11.8 Å². The largest absolute Gasteiger partial charge is 0.355 e. The van der Waals surface area contributed by atoms with Gasteiger partial charge in [0.25, 0.3) is 0 Å². The Morgan fingerprint density at radius 1 is 1.60 bits per heavy atom.